The van der Waals surface area contributed by atoms with Crippen molar-refractivity contribution < 1.29 is 4.74 Å². The molecule has 5 aromatic rings. The van der Waals surface area contributed by atoms with Gasteiger partial charge in [0.2, 0.25) is 5.65 Å². The van der Waals surface area contributed by atoms with E-state index in [1.165, 1.54) is 0 Å². The van der Waals surface area contributed by atoms with Crippen LogP contribution in [0.25, 0.3) is 28.2 Å². The molecule has 0 saturated carbocycles. The van der Waals surface area contributed by atoms with Crippen LogP contribution in [0.3, 0.4) is 0 Å². The molecule has 5 rings (SSSR count). The van der Waals surface area contributed by atoms with E-state index in [9.17, 15) is 0 Å². The lowest BCUT2D eigenvalue weighted by Gasteiger charge is -2.06. The summed E-state index contributed by atoms with van der Waals surface area (Å²) in [6.45, 7) is 1.01. The van der Waals surface area contributed by atoms with Crippen LogP contribution in [-0.2, 0) is 24.9 Å². The molecule has 0 amide bonds. The number of hydrogen-bond acceptors (Lipinski definition) is 7. The highest BCUT2D eigenvalue weighted by molar-refractivity contribution is 5.69. The Labute approximate surface area is 159 Å². The van der Waals surface area contributed by atoms with Gasteiger partial charge in [-0.25, -0.2) is 19.6 Å². The molecular formula is C18H17N9O. The van der Waals surface area contributed by atoms with Gasteiger partial charge in [-0.15, -0.1) is 5.10 Å². The van der Waals surface area contributed by atoms with Gasteiger partial charge in [0.25, 0.3) is 0 Å². The quantitative estimate of drug-likeness (QED) is 0.458. The van der Waals surface area contributed by atoms with Crippen LogP contribution in [0.5, 0.6) is 0 Å². The van der Waals surface area contributed by atoms with Gasteiger partial charge in [0.15, 0.2) is 5.65 Å². The maximum absolute atomic E-state index is 5.24. The first kappa shape index (κ1) is 16.5. The van der Waals surface area contributed by atoms with Crippen LogP contribution >= 0.6 is 0 Å². The number of methoxy groups -OCH3 is 1. The lowest BCUT2D eigenvalue weighted by atomic mass is 10.2. The van der Waals surface area contributed by atoms with Crippen molar-refractivity contribution in [3.63, 3.8) is 0 Å². The van der Waals surface area contributed by atoms with Crippen molar-refractivity contribution in [2.24, 2.45) is 7.05 Å². The van der Waals surface area contributed by atoms with E-state index in [4.69, 9.17) is 9.72 Å². The normalized spacial score (nSPS) is 11.6. The molecule has 0 N–H and O–H groups in total. The van der Waals surface area contributed by atoms with Gasteiger partial charge in [-0.05, 0) is 11.6 Å². The third-order valence-electron chi connectivity index (χ3n) is 4.50. The monoisotopic (exact) mass is 375 g/mol. The van der Waals surface area contributed by atoms with E-state index in [0.29, 0.717) is 24.4 Å². The first-order valence-corrected chi connectivity index (χ1v) is 8.70. The highest BCUT2D eigenvalue weighted by Crippen LogP contribution is 2.18. The SMILES string of the molecule is COCc1cnc2ccc(Cn3nnc4ncc(-c5cnn(C)c5)nc43)cn12. The first-order valence-electron chi connectivity index (χ1n) is 8.70. The molecule has 0 fully saturated rings. The number of fused-ring (bicyclic) bond motifs is 2. The number of nitrogens with zero attached hydrogens (tertiary/aromatic N) is 9. The lowest BCUT2D eigenvalue weighted by Crippen LogP contribution is -2.05. The largest absolute Gasteiger partial charge is 0.378 e. The van der Waals surface area contributed by atoms with Crippen LogP contribution in [0.4, 0.5) is 0 Å². The summed E-state index contributed by atoms with van der Waals surface area (Å²) >= 11 is 0. The van der Waals surface area contributed by atoms with Gasteiger partial charge in [-0.3, -0.25) is 4.68 Å². The molecule has 0 bridgehead atoms. The molecule has 0 aliphatic carbocycles. The number of pyridine rings is 1. The molecule has 0 atom stereocenters. The second-order valence-corrected chi connectivity index (χ2v) is 6.50. The summed E-state index contributed by atoms with van der Waals surface area (Å²) in [5.41, 5.74) is 5.67. The molecule has 0 aliphatic rings. The van der Waals surface area contributed by atoms with E-state index >= 15 is 0 Å². The lowest BCUT2D eigenvalue weighted by molar-refractivity contribution is 0.181. The first-order chi connectivity index (χ1) is 13.7. The van der Waals surface area contributed by atoms with Crippen molar-refractivity contribution in [2.75, 3.05) is 7.11 Å². The van der Waals surface area contributed by atoms with Crippen molar-refractivity contribution in [1.29, 1.82) is 0 Å². The summed E-state index contributed by atoms with van der Waals surface area (Å²) in [6.07, 6.45) is 9.19. The zero-order chi connectivity index (χ0) is 19.1. The summed E-state index contributed by atoms with van der Waals surface area (Å²) in [5.74, 6) is 0. The number of rotatable bonds is 5. The van der Waals surface area contributed by atoms with E-state index < -0.39 is 0 Å². The van der Waals surface area contributed by atoms with Crippen molar-refractivity contribution in [3.05, 3.63) is 54.4 Å². The molecule has 0 spiro atoms. The van der Waals surface area contributed by atoms with Gasteiger partial charge in [-0.2, -0.15) is 5.10 Å². The van der Waals surface area contributed by atoms with E-state index in [1.54, 1.807) is 28.9 Å². The standard InChI is InChI=1S/C18H17N9O/c1-25-10-13(5-21-25)15-7-20-17-18(22-15)27(24-23-17)9-12-3-4-16-19-6-14(11-28-2)26(16)8-12/h3-8,10H,9,11H2,1-2H3. The molecule has 10 heteroatoms. The molecular weight excluding hydrogens is 358 g/mol. The van der Waals surface area contributed by atoms with Crippen molar-refractivity contribution >= 4 is 16.9 Å². The Morgan fingerprint density at radius 2 is 2.00 bits per heavy atom. The minimum Gasteiger partial charge on any atom is -0.378 e. The Morgan fingerprint density at radius 3 is 2.82 bits per heavy atom. The van der Waals surface area contributed by atoms with E-state index in [1.807, 2.05) is 42.2 Å². The Hall–Kier alpha value is -3.66. The fourth-order valence-electron chi connectivity index (χ4n) is 3.15. The highest BCUT2D eigenvalue weighted by atomic mass is 16.5. The molecule has 140 valence electrons. The topological polar surface area (TPSA) is 101 Å². The summed E-state index contributed by atoms with van der Waals surface area (Å²) in [5, 5.41) is 12.6. The van der Waals surface area contributed by atoms with Crippen LogP contribution in [0, 0.1) is 0 Å². The predicted octanol–water partition coefficient (Wildman–Crippen LogP) is 1.46. The molecule has 28 heavy (non-hydrogen) atoms. The van der Waals surface area contributed by atoms with E-state index in [0.717, 1.165) is 28.2 Å². The molecule has 0 saturated heterocycles. The minimum atomic E-state index is 0.497. The smallest absolute Gasteiger partial charge is 0.221 e. The summed E-state index contributed by atoms with van der Waals surface area (Å²) in [7, 11) is 3.54. The molecule has 5 aromatic heterocycles. The number of aryl methyl sites for hydroxylation is 1. The van der Waals surface area contributed by atoms with Crippen LogP contribution in [0.1, 0.15) is 11.3 Å². The zero-order valence-corrected chi connectivity index (χ0v) is 15.4. The van der Waals surface area contributed by atoms with Gasteiger partial charge in [0.1, 0.15) is 5.65 Å². The van der Waals surface area contributed by atoms with Crippen LogP contribution < -0.4 is 0 Å². The highest BCUT2D eigenvalue weighted by Gasteiger charge is 2.12. The summed E-state index contributed by atoms with van der Waals surface area (Å²) in [4.78, 5) is 13.5. The molecule has 0 aliphatic heterocycles. The average molecular weight is 375 g/mol. The van der Waals surface area contributed by atoms with Gasteiger partial charge in [0, 0.05) is 32.1 Å². The summed E-state index contributed by atoms with van der Waals surface area (Å²) < 4.78 is 10.7. The maximum Gasteiger partial charge on any atom is 0.221 e. The fourth-order valence-corrected chi connectivity index (χ4v) is 3.15. The van der Waals surface area contributed by atoms with Gasteiger partial charge >= 0.3 is 0 Å². The second-order valence-electron chi connectivity index (χ2n) is 6.50. The second kappa shape index (κ2) is 6.50. The maximum atomic E-state index is 5.24. The Kier molecular flexibility index (Phi) is 3.83. The summed E-state index contributed by atoms with van der Waals surface area (Å²) in [6, 6.07) is 3.99. The Morgan fingerprint density at radius 1 is 1.07 bits per heavy atom. The molecule has 0 aromatic carbocycles. The average Bonchev–Trinajstić information content (AvgIpc) is 3.41. The fraction of sp³-hybridized carbons (Fsp3) is 0.222. The molecule has 0 radical (unpaired) electrons. The Bertz CT molecular complexity index is 1280. The van der Waals surface area contributed by atoms with Crippen molar-refractivity contribution in [3.8, 4) is 11.3 Å². The van der Waals surface area contributed by atoms with Gasteiger partial charge in [-0.1, -0.05) is 11.3 Å². The van der Waals surface area contributed by atoms with Crippen LogP contribution in [0.15, 0.2) is 43.1 Å². The van der Waals surface area contributed by atoms with Crippen molar-refractivity contribution in [1.82, 2.24) is 44.1 Å². The van der Waals surface area contributed by atoms with E-state index in [-0.39, 0.29) is 0 Å². The molecule has 10 nitrogen and oxygen atoms in total. The van der Waals surface area contributed by atoms with Crippen LogP contribution in [0.2, 0.25) is 0 Å². The van der Waals surface area contributed by atoms with Gasteiger partial charge in [0.05, 0.1) is 43.1 Å². The molecule has 5 heterocycles. The van der Waals surface area contributed by atoms with E-state index in [2.05, 4.69) is 25.4 Å². The zero-order valence-electron chi connectivity index (χ0n) is 15.4. The number of hydrogen-bond donors (Lipinski definition) is 0. The Balaban J connectivity index is 1.52. The molecule has 0 unspecified atom stereocenters. The third kappa shape index (κ3) is 2.79. The van der Waals surface area contributed by atoms with Crippen LogP contribution in [-0.4, -0.2) is 51.2 Å². The number of ether oxygens (including phenoxy) is 1. The van der Waals surface area contributed by atoms with Crippen molar-refractivity contribution in [2.45, 2.75) is 13.2 Å². The predicted molar refractivity (Wildman–Crippen MR) is 100 cm³/mol. The number of aromatic nitrogens is 9. The van der Waals surface area contributed by atoms with Gasteiger partial charge < -0.3 is 9.14 Å². The third-order valence-corrected chi connectivity index (χ3v) is 4.50. The number of imidazole rings is 1. The minimum absolute atomic E-state index is 0.497.